The molecule has 0 aromatic carbocycles. The Labute approximate surface area is 94.0 Å². The maximum Gasteiger partial charge on any atom is 0.227 e. The van der Waals surface area contributed by atoms with Gasteiger partial charge in [0.25, 0.3) is 0 Å². The molecule has 0 saturated carbocycles. The van der Waals surface area contributed by atoms with Crippen LogP contribution in [0.3, 0.4) is 0 Å². The average Bonchev–Trinajstić information content (AvgIpc) is 2.23. The van der Waals surface area contributed by atoms with Gasteiger partial charge in [0.1, 0.15) is 12.8 Å². The van der Waals surface area contributed by atoms with Crippen LogP contribution in [0, 0.1) is 11.3 Å². The van der Waals surface area contributed by atoms with E-state index in [1.807, 2.05) is 0 Å². The van der Waals surface area contributed by atoms with E-state index in [4.69, 9.17) is 5.26 Å². The highest BCUT2D eigenvalue weighted by Crippen LogP contribution is 1.96. The monoisotopic (exact) mass is 225 g/mol. The van der Waals surface area contributed by atoms with Gasteiger partial charge < -0.3 is 15.4 Å². The van der Waals surface area contributed by atoms with Crippen molar-refractivity contribution in [3.05, 3.63) is 0 Å². The molecular formula is C10H15N3O3. The minimum atomic E-state index is -0.347. The molecule has 0 saturated heterocycles. The predicted octanol–water partition coefficient (Wildman–Crippen LogP) is -0.500. The highest BCUT2D eigenvalue weighted by atomic mass is 16.2. The van der Waals surface area contributed by atoms with E-state index in [1.165, 1.54) is 0 Å². The third-order valence-electron chi connectivity index (χ3n) is 1.85. The van der Waals surface area contributed by atoms with Crippen LogP contribution < -0.4 is 10.6 Å². The summed E-state index contributed by atoms with van der Waals surface area (Å²) in [5, 5.41) is 13.2. The Morgan fingerprint density at radius 3 is 2.69 bits per heavy atom. The molecule has 16 heavy (non-hydrogen) atoms. The summed E-state index contributed by atoms with van der Waals surface area (Å²) in [7, 11) is 0. The minimum Gasteiger partial charge on any atom is -0.353 e. The maximum atomic E-state index is 11.1. The van der Waals surface area contributed by atoms with Crippen molar-refractivity contribution < 1.29 is 14.4 Å². The number of nitrogens with one attached hydrogen (secondary N) is 2. The first-order valence-corrected chi connectivity index (χ1v) is 4.96. The van der Waals surface area contributed by atoms with Crippen LogP contribution in [0.15, 0.2) is 0 Å². The van der Waals surface area contributed by atoms with Crippen LogP contribution >= 0.6 is 0 Å². The number of rotatable bonds is 7. The van der Waals surface area contributed by atoms with Crippen LogP contribution in [-0.4, -0.2) is 30.7 Å². The Morgan fingerprint density at radius 1 is 1.44 bits per heavy atom. The van der Waals surface area contributed by atoms with Crippen molar-refractivity contribution in [2.24, 2.45) is 0 Å². The molecule has 6 heteroatoms. The summed E-state index contributed by atoms with van der Waals surface area (Å²) in [6, 6.07) is 1.63. The van der Waals surface area contributed by atoms with E-state index in [-0.39, 0.29) is 37.2 Å². The molecule has 0 aromatic heterocycles. The Balaban J connectivity index is 3.68. The molecule has 0 rings (SSSR count). The topological polar surface area (TPSA) is 99.1 Å². The Morgan fingerprint density at radius 2 is 2.12 bits per heavy atom. The fourth-order valence-corrected chi connectivity index (χ4v) is 1.06. The summed E-state index contributed by atoms with van der Waals surface area (Å²) < 4.78 is 0. The number of nitriles is 1. The molecule has 88 valence electrons. The van der Waals surface area contributed by atoms with Gasteiger partial charge in [-0.3, -0.25) is 9.59 Å². The first-order valence-electron chi connectivity index (χ1n) is 4.96. The molecule has 0 fully saturated rings. The molecule has 2 N–H and O–H groups in total. The zero-order chi connectivity index (χ0) is 12.4. The fourth-order valence-electron chi connectivity index (χ4n) is 1.06. The van der Waals surface area contributed by atoms with Crippen LogP contribution in [0.4, 0.5) is 0 Å². The van der Waals surface area contributed by atoms with Gasteiger partial charge in [-0.15, -0.1) is 0 Å². The van der Waals surface area contributed by atoms with Crippen molar-refractivity contribution >= 4 is 18.1 Å². The molecular weight excluding hydrogens is 210 g/mol. The second kappa shape index (κ2) is 8.41. The van der Waals surface area contributed by atoms with Crippen LogP contribution in [0.1, 0.15) is 26.2 Å². The summed E-state index contributed by atoms with van der Waals surface area (Å²) in [6.45, 7) is 1.74. The first kappa shape index (κ1) is 14.1. The van der Waals surface area contributed by atoms with E-state index >= 15 is 0 Å². The first-order chi connectivity index (χ1) is 7.60. The van der Waals surface area contributed by atoms with Gasteiger partial charge in [0, 0.05) is 12.5 Å². The molecule has 0 aliphatic carbocycles. The summed E-state index contributed by atoms with van der Waals surface area (Å²) in [4.78, 5) is 32.1. The number of carbonyl (C=O) groups excluding carboxylic acids is 3. The summed E-state index contributed by atoms with van der Waals surface area (Å²) >= 11 is 0. The molecule has 1 atom stereocenters. The summed E-state index contributed by atoms with van der Waals surface area (Å²) in [6.07, 6.45) is 1.08. The van der Waals surface area contributed by atoms with Gasteiger partial charge in [-0.05, 0) is 13.3 Å². The molecule has 0 aliphatic heterocycles. The highest BCUT2D eigenvalue weighted by molar-refractivity contribution is 5.88. The average molecular weight is 225 g/mol. The van der Waals surface area contributed by atoms with E-state index in [0.29, 0.717) is 12.7 Å². The molecule has 0 aromatic rings. The van der Waals surface area contributed by atoms with Gasteiger partial charge in [0.05, 0.1) is 12.5 Å². The maximum absolute atomic E-state index is 11.1. The van der Waals surface area contributed by atoms with Gasteiger partial charge in [-0.2, -0.15) is 5.26 Å². The lowest BCUT2D eigenvalue weighted by Crippen LogP contribution is -2.34. The number of hydrogen-bond acceptors (Lipinski definition) is 4. The number of nitrogens with zero attached hydrogens (tertiary/aromatic N) is 1. The van der Waals surface area contributed by atoms with Crippen molar-refractivity contribution in [1.82, 2.24) is 10.6 Å². The lowest BCUT2D eigenvalue weighted by molar-refractivity contribution is -0.125. The van der Waals surface area contributed by atoms with Gasteiger partial charge >= 0.3 is 0 Å². The molecule has 0 spiro atoms. The normalized spacial score (nSPS) is 11.0. The summed E-state index contributed by atoms with van der Waals surface area (Å²) in [5.41, 5.74) is 0. The van der Waals surface area contributed by atoms with Crippen LogP contribution in [-0.2, 0) is 14.4 Å². The zero-order valence-corrected chi connectivity index (χ0v) is 9.16. The number of aldehydes is 1. The Bertz CT molecular complexity index is 296. The van der Waals surface area contributed by atoms with Crippen molar-refractivity contribution in [2.75, 3.05) is 6.54 Å². The van der Waals surface area contributed by atoms with Crippen LogP contribution in [0.25, 0.3) is 0 Å². The molecule has 0 bridgehead atoms. The summed E-state index contributed by atoms with van der Waals surface area (Å²) in [5.74, 6) is -0.571. The van der Waals surface area contributed by atoms with Crippen LogP contribution in [0.2, 0.25) is 0 Å². The number of hydrogen-bond donors (Lipinski definition) is 2. The van der Waals surface area contributed by atoms with Crippen LogP contribution in [0.5, 0.6) is 0 Å². The van der Waals surface area contributed by atoms with E-state index < -0.39 is 0 Å². The lowest BCUT2D eigenvalue weighted by atomic mass is 10.1. The number of carbonyl (C=O) groups is 3. The minimum absolute atomic E-state index is 0.00921. The highest BCUT2D eigenvalue weighted by Gasteiger charge is 2.08. The smallest absolute Gasteiger partial charge is 0.227 e. The van der Waals surface area contributed by atoms with E-state index in [0.717, 1.165) is 0 Å². The SMILES string of the molecule is CC(CCC(=O)NCC#N)NC(=O)CC=O. The van der Waals surface area contributed by atoms with E-state index in [2.05, 4.69) is 10.6 Å². The van der Waals surface area contributed by atoms with Crippen molar-refractivity contribution in [3.8, 4) is 6.07 Å². The second-order valence-electron chi connectivity index (χ2n) is 3.31. The largest absolute Gasteiger partial charge is 0.353 e. The van der Waals surface area contributed by atoms with E-state index in [9.17, 15) is 14.4 Å². The molecule has 0 aliphatic rings. The van der Waals surface area contributed by atoms with Crippen molar-refractivity contribution in [3.63, 3.8) is 0 Å². The zero-order valence-electron chi connectivity index (χ0n) is 9.16. The van der Waals surface area contributed by atoms with Gasteiger partial charge in [0.2, 0.25) is 11.8 Å². The Kier molecular flexibility index (Phi) is 7.41. The molecule has 2 amide bonds. The standard InChI is InChI=1S/C10H15N3O3/c1-8(13-10(16)4-7-14)2-3-9(15)12-6-5-11/h7-8H,2-4,6H2,1H3,(H,12,15)(H,13,16). The lowest BCUT2D eigenvalue weighted by Gasteiger charge is -2.12. The van der Waals surface area contributed by atoms with E-state index in [1.54, 1.807) is 13.0 Å². The van der Waals surface area contributed by atoms with Gasteiger partial charge in [-0.1, -0.05) is 0 Å². The molecule has 0 radical (unpaired) electrons. The Hall–Kier alpha value is -1.90. The van der Waals surface area contributed by atoms with Crippen molar-refractivity contribution in [2.45, 2.75) is 32.2 Å². The third-order valence-corrected chi connectivity index (χ3v) is 1.85. The third kappa shape index (κ3) is 7.50. The quantitative estimate of drug-likeness (QED) is 0.346. The molecule has 1 unspecified atom stereocenters. The van der Waals surface area contributed by atoms with Crippen molar-refractivity contribution in [1.29, 1.82) is 5.26 Å². The number of amides is 2. The predicted molar refractivity (Wildman–Crippen MR) is 56.1 cm³/mol. The second-order valence-corrected chi connectivity index (χ2v) is 3.31. The fraction of sp³-hybridized carbons (Fsp3) is 0.600. The van der Waals surface area contributed by atoms with Gasteiger partial charge in [0.15, 0.2) is 0 Å². The van der Waals surface area contributed by atoms with Gasteiger partial charge in [-0.25, -0.2) is 0 Å². The molecule has 6 nitrogen and oxygen atoms in total. The molecule has 0 heterocycles.